The molecule has 0 bridgehead atoms. The van der Waals surface area contributed by atoms with E-state index in [9.17, 15) is 0 Å². The molecule has 0 spiro atoms. The summed E-state index contributed by atoms with van der Waals surface area (Å²) in [5.41, 5.74) is 0. The quantitative estimate of drug-likeness (QED) is 0.725. The van der Waals surface area contributed by atoms with Crippen molar-refractivity contribution in [2.45, 2.75) is 52.2 Å². The van der Waals surface area contributed by atoms with Crippen molar-refractivity contribution in [3.05, 3.63) is 0 Å². The molecule has 1 fully saturated rings. The van der Waals surface area contributed by atoms with Crippen LogP contribution in [-0.4, -0.2) is 25.3 Å². The number of nitrogens with one attached hydrogen (secondary N) is 1. The maximum atomic E-state index is 5.64. The molecule has 0 saturated carbocycles. The van der Waals surface area contributed by atoms with E-state index >= 15 is 0 Å². The highest BCUT2D eigenvalue weighted by atomic mass is 16.5. The van der Waals surface area contributed by atoms with Crippen molar-refractivity contribution < 1.29 is 4.74 Å². The van der Waals surface area contributed by atoms with Crippen LogP contribution < -0.4 is 5.32 Å². The van der Waals surface area contributed by atoms with Gasteiger partial charge in [0.25, 0.3) is 0 Å². The van der Waals surface area contributed by atoms with Gasteiger partial charge in [-0.25, -0.2) is 0 Å². The van der Waals surface area contributed by atoms with Gasteiger partial charge in [0.2, 0.25) is 0 Å². The molecule has 1 rings (SSSR count). The molecule has 2 unspecified atom stereocenters. The Bertz CT molecular complexity index is 136. The monoisotopic (exact) mass is 185 g/mol. The Labute approximate surface area is 82.0 Å². The fraction of sp³-hybridized carbons (Fsp3) is 1.00. The summed E-state index contributed by atoms with van der Waals surface area (Å²) >= 11 is 0. The Hall–Kier alpha value is -0.0800. The minimum absolute atomic E-state index is 0.521. The summed E-state index contributed by atoms with van der Waals surface area (Å²) in [5, 5.41) is 3.50. The summed E-state index contributed by atoms with van der Waals surface area (Å²) < 4.78 is 5.64. The lowest BCUT2D eigenvalue weighted by Crippen LogP contribution is -2.34. The minimum atomic E-state index is 0.521. The van der Waals surface area contributed by atoms with Crippen LogP contribution in [0.25, 0.3) is 0 Å². The van der Waals surface area contributed by atoms with Crippen molar-refractivity contribution in [3.63, 3.8) is 0 Å². The van der Waals surface area contributed by atoms with Crippen molar-refractivity contribution in [2.75, 3.05) is 13.2 Å². The second-order valence-electron chi connectivity index (χ2n) is 4.35. The Morgan fingerprint density at radius 1 is 1.46 bits per heavy atom. The molecular formula is C11H23NO. The van der Waals surface area contributed by atoms with Crippen LogP contribution in [0.3, 0.4) is 0 Å². The molecule has 78 valence electrons. The number of hydrogen-bond donors (Lipinski definition) is 1. The van der Waals surface area contributed by atoms with E-state index < -0.39 is 0 Å². The molecule has 1 aliphatic heterocycles. The second kappa shape index (κ2) is 5.61. The van der Waals surface area contributed by atoms with E-state index in [0.29, 0.717) is 12.1 Å². The number of rotatable bonds is 4. The average Bonchev–Trinajstić information content (AvgIpc) is 2.15. The van der Waals surface area contributed by atoms with E-state index in [1.807, 2.05) is 0 Å². The zero-order valence-electron chi connectivity index (χ0n) is 9.18. The summed E-state index contributed by atoms with van der Waals surface area (Å²) in [4.78, 5) is 0. The van der Waals surface area contributed by atoms with Crippen LogP contribution in [0.1, 0.15) is 40.0 Å². The molecule has 0 radical (unpaired) electrons. The first kappa shape index (κ1) is 11.0. The first-order chi connectivity index (χ1) is 6.22. The summed E-state index contributed by atoms with van der Waals surface area (Å²) in [5.74, 6) is 0.834. The van der Waals surface area contributed by atoms with Gasteiger partial charge in [-0.2, -0.15) is 0 Å². The lowest BCUT2D eigenvalue weighted by molar-refractivity contribution is -0.0103. The molecule has 1 saturated heterocycles. The van der Waals surface area contributed by atoms with Gasteiger partial charge in [0.1, 0.15) is 0 Å². The summed E-state index contributed by atoms with van der Waals surface area (Å²) in [6, 6.07) is 0.614. The van der Waals surface area contributed by atoms with Crippen molar-refractivity contribution in [1.29, 1.82) is 0 Å². The van der Waals surface area contributed by atoms with Crippen molar-refractivity contribution >= 4 is 0 Å². The Kier molecular flexibility index (Phi) is 4.74. The summed E-state index contributed by atoms with van der Waals surface area (Å²) in [6.07, 6.45) is 4.16. The smallest absolute Gasteiger partial charge is 0.0575 e. The first-order valence-electron chi connectivity index (χ1n) is 5.57. The van der Waals surface area contributed by atoms with Crippen LogP contribution in [0.2, 0.25) is 0 Å². The fourth-order valence-electron chi connectivity index (χ4n) is 1.83. The van der Waals surface area contributed by atoms with Gasteiger partial charge in [-0.15, -0.1) is 0 Å². The average molecular weight is 185 g/mol. The van der Waals surface area contributed by atoms with E-state index in [-0.39, 0.29) is 0 Å². The summed E-state index contributed by atoms with van der Waals surface area (Å²) in [7, 11) is 0. The third kappa shape index (κ3) is 4.10. The lowest BCUT2D eigenvalue weighted by atomic mass is 9.94. The van der Waals surface area contributed by atoms with Crippen molar-refractivity contribution in [1.82, 2.24) is 5.32 Å². The molecular weight excluding hydrogens is 162 g/mol. The second-order valence-corrected chi connectivity index (χ2v) is 4.35. The molecule has 0 aromatic carbocycles. The molecule has 2 atom stereocenters. The standard InChI is InChI=1S/C11H23NO/c1-4-11-7-10(5-6-13-11)8-12-9(2)3/h9-12H,4-8H2,1-3H3. The largest absolute Gasteiger partial charge is 0.378 e. The molecule has 2 heteroatoms. The van der Waals surface area contributed by atoms with E-state index in [1.165, 1.54) is 12.8 Å². The SMILES string of the molecule is CCC1CC(CNC(C)C)CCO1. The van der Waals surface area contributed by atoms with Gasteiger partial charge < -0.3 is 10.1 Å². The zero-order valence-corrected chi connectivity index (χ0v) is 9.18. The van der Waals surface area contributed by atoms with Gasteiger partial charge in [-0.05, 0) is 31.7 Å². The van der Waals surface area contributed by atoms with Gasteiger partial charge in [-0.1, -0.05) is 20.8 Å². The fourth-order valence-corrected chi connectivity index (χ4v) is 1.83. The van der Waals surface area contributed by atoms with Crippen LogP contribution in [-0.2, 0) is 4.74 Å². The maximum Gasteiger partial charge on any atom is 0.0575 e. The molecule has 1 N–H and O–H groups in total. The molecule has 0 aromatic rings. The number of hydrogen-bond acceptors (Lipinski definition) is 2. The van der Waals surface area contributed by atoms with Crippen molar-refractivity contribution in [3.8, 4) is 0 Å². The lowest BCUT2D eigenvalue weighted by Gasteiger charge is -2.29. The minimum Gasteiger partial charge on any atom is -0.378 e. The van der Waals surface area contributed by atoms with Crippen LogP contribution in [0.4, 0.5) is 0 Å². The third-order valence-electron chi connectivity index (χ3n) is 2.75. The highest BCUT2D eigenvalue weighted by molar-refractivity contribution is 4.73. The maximum absolute atomic E-state index is 5.64. The van der Waals surface area contributed by atoms with Gasteiger partial charge in [0.15, 0.2) is 0 Å². The van der Waals surface area contributed by atoms with Crippen LogP contribution >= 0.6 is 0 Å². The molecule has 0 aliphatic carbocycles. The van der Waals surface area contributed by atoms with E-state index in [2.05, 4.69) is 26.1 Å². The first-order valence-corrected chi connectivity index (χ1v) is 5.57. The van der Waals surface area contributed by atoms with Crippen molar-refractivity contribution in [2.24, 2.45) is 5.92 Å². The molecule has 0 aromatic heterocycles. The third-order valence-corrected chi connectivity index (χ3v) is 2.75. The Balaban J connectivity index is 2.18. The molecule has 1 heterocycles. The molecule has 1 aliphatic rings. The van der Waals surface area contributed by atoms with Gasteiger partial charge in [-0.3, -0.25) is 0 Å². The topological polar surface area (TPSA) is 21.3 Å². The molecule has 0 amide bonds. The van der Waals surface area contributed by atoms with Gasteiger partial charge in [0.05, 0.1) is 6.10 Å². The summed E-state index contributed by atoms with van der Waals surface area (Å²) in [6.45, 7) is 8.75. The van der Waals surface area contributed by atoms with Crippen LogP contribution in [0.5, 0.6) is 0 Å². The zero-order chi connectivity index (χ0) is 9.68. The van der Waals surface area contributed by atoms with E-state index in [4.69, 9.17) is 4.74 Å². The molecule has 13 heavy (non-hydrogen) atoms. The highest BCUT2D eigenvalue weighted by Crippen LogP contribution is 2.21. The van der Waals surface area contributed by atoms with Crippen LogP contribution in [0.15, 0.2) is 0 Å². The normalized spacial score (nSPS) is 29.5. The van der Waals surface area contributed by atoms with Gasteiger partial charge >= 0.3 is 0 Å². The predicted molar refractivity (Wildman–Crippen MR) is 55.9 cm³/mol. The van der Waals surface area contributed by atoms with Crippen LogP contribution in [0, 0.1) is 5.92 Å². The van der Waals surface area contributed by atoms with E-state index in [0.717, 1.165) is 25.5 Å². The van der Waals surface area contributed by atoms with Gasteiger partial charge in [0, 0.05) is 12.6 Å². The predicted octanol–water partition coefficient (Wildman–Crippen LogP) is 2.19. The van der Waals surface area contributed by atoms with E-state index in [1.54, 1.807) is 0 Å². The highest BCUT2D eigenvalue weighted by Gasteiger charge is 2.20. The number of ether oxygens (including phenoxy) is 1. The Morgan fingerprint density at radius 3 is 2.85 bits per heavy atom. The molecule has 2 nitrogen and oxygen atoms in total. The Morgan fingerprint density at radius 2 is 2.23 bits per heavy atom.